The van der Waals surface area contributed by atoms with Crippen molar-refractivity contribution < 1.29 is 9.59 Å². The molecule has 1 aromatic heterocycles. The molecule has 1 N–H and O–H groups in total. The van der Waals surface area contributed by atoms with Crippen LogP contribution in [-0.2, 0) is 12.8 Å². The maximum atomic E-state index is 12.6. The Morgan fingerprint density at radius 2 is 1.56 bits per heavy atom. The van der Waals surface area contributed by atoms with E-state index in [-0.39, 0.29) is 11.8 Å². The van der Waals surface area contributed by atoms with Crippen LogP contribution in [0.15, 0.2) is 48.5 Å². The Bertz CT molecular complexity index is 983. The highest BCUT2D eigenvalue weighted by Crippen LogP contribution is 2.33. The summed E-state index contributed by atoms with van der Waals surface area (Å²) in [6.07, 6.45) is 3.25. The van der Waals surface area contributed by atoms with E-state index < -0.39 is 0 Å². The Kier molecular flexibility index (Phi) is 2.91. The highest BCUT2D eigenvalue weighted by molar-refractivity contribution is 6.34. The Morgan fingerprint density at radius 3 is 2.24 bits per heavy atom. The van der Waals surface area contributed by atoms with Crippen molar-refractivity contribution in [1.82, 2.24) is 10.2 Å². The molecule has 5 rings (SSSR count). The minimum atomic E-state index is -0.269. The second kappa shape index (κ2) is 5.14. The molecule has 0 spiro atoms. The number of carbonyl (C=O) groups is 2. The van der Waals surface area contributed by atoms with Crippen LogP contribution in [0.25, 0.3) is 11.3 Å². The van der Waals surface area contributed by atoms with Crippen molar-refractivity contribution in [2.24, 2.45) is 0 Å². The van der Waals surface area contributed by atoms with Crippen LogP contribution in [0.5, 0.6) is 0 Å². The molecule has 25 heavy (non-hydrogen) atoms. The first-order valence-corrected chi connectivity index (χ1v) is 8.38. The number of benzene rings is 2. The molecule has 0 fully saturated rings. The van der Waals surface area contributed by atoms with Gasteiger partial charge in [0, 0.05) is 16.8 Å². The summed E-state index contributed by atoms with van der Waals surface area (Å²) in [6, 6.07) is 14.4. The SMILES string of the molecule is O=C1c2ccccc2C(=O)N1c1ccc(-c2n[nH]c3c2CCC3)cc1. The smallest absolute Gasteiger partial charge is 0.266 e. The van der Waals surface area contributed by atoms with Crippen LogP contribution in [0, 0.1) is 0 Å². The van der Waals surface area contributed by atoms with Gasteiger partial charge in [-0.3, -0.25) is 14.7 Å². The summed E-state index contributed by atoms with van der Waals surface area (Å²) >= 11 is 0. The standard InChI is InChI=1S/C20H15N3O2/c24-19-14-4-1-2-5-15(14)20(25)23(19)13-10-8-12(9-11-13)18-16-6-3-7-17(16)21-22-18/h1-2,4-5,8-11H,3,6-7H2,(H,21,22). The first kappa shape index (κ1) is 14.2. The lowest BCUT2D eigenvalue weighted by Gasteiger charge is -2.14. The molecule has 0 radical (unpaired) electrons. The molecule has 0 atom stereocenters. The second-order valence-electron chi connectivity index (χ2n) is 6.42. The fraction of sp³-hybridized carbons (Fsp3) is 0.150. The van der Waals surface area contributed by atoms with Gasteiger partial charge in [0.05, 0.1) is 22.5 Å². The Morgan fingerprint density at radius 1 is 0.880 bits per heavy atom. The molecule has 0 unspecified atom stereocenters. The summed E-state index contributed by atoms with van der Waals surface area (Å²) in [5, 5.41) is 7.54. The van der Waals surface area contributed by atoms with E-state index in [0.29, 0.717) is 16.8 Å². The molecule has 2 heterocycles. The summed E-state index contributed by atoms with van der Waals surface area (Å²) < 4.78 is 0. The molecule has 5 nitrogen and oxygen atoms in total. The van der Waals surface area contributed by atoms with Crippen LogP contribution in [0.3, 0.4) is 0 Å². The van der Waals surface area contributed by atoms with Crippen molar-refractivity contribution in [3.05, 3.63) is 70.9 Å². The number of rotatable bonds is 2. The van der Waals surface area contributed by atoms with Crippen LogP contribution >= 0.6 is 0 Å². The first-order chi connectivity index (χ1) is 12.2. The number of fused-ring (bicyclic) bond motifs is 2. The number of hydrogen-bond acceptors (Lipinski definition) is 3. The van der Waals surface area contributed by atoms with Crippen molar-refractivity contribution in [2.45, 2.75) is 19.3 Å². The van der Waals surface area contributed by atoms with Gasteiger partial charge in [-0.2, -0.15) is 5.10 Å². The van der Waals surface area contributed by atoms with E-state index in [0.717, 1.165) is 30.5 Å². The van der Waals surface area contributed by atoms with Crippen molar-refractivity contribution in [1.29, 1.82) is 0 Å². The molecule has 0 bridgehead atoms. The van der Waals surface area contributed by atoms with E-state index in [1.165, 1.54) is 16.2 Å². The Hall–Kier alpha value is -3.21. The molecule has 1 aliphatic heterocycles. The van der Waals surface area contributed by atoms with Crippen molar-refractivity contribution in [3.63, 3.8) is 0 Å². The molecular weight excluding hydrogens is 314 g/mol. The number of nitrogens with zero attached hydrogens (tertiary/aromatic N) is 2. The van der Waals surface area contributed by atoms with Crippen LogP contribution in [-0.4, -0.2) is 22.0 Å². The van der Waals surface area contributed by atoms with Crippen LogP contribution in [0.2, 0.25) is 0 Å². The highest BCUT2D eigenvalue weighted by atomic mass is 16.2. The predicted octanol–water partition coefficient (Wildman–Crippen LogP) is 3.37. The lowest BCUT2D eigenvalue weighted by Crippen LogP contribution is -2.29. The maximum Gasteiger partial charge on any atom is 0.266 e. The molecular formula is C20H15N3O2. The van der Waals surface area contributed by atoms with Gasteiger partial charge in [0.15, 0.2) is 0 Å². The number of amides is 2. The molecule has 2 amide bonds. The van der Waals surface area contributed by atoms with Gasteiger partial charge >= 0.3 is 0 Å². The van der Waals surface area contributed by atoms with Gasteiger partial charge in [-0.25, -0.2) is 4.90 Å². The van der Waals surface area contributed by atoms with E-state index in [9.17, 15) is 9.59 Å². The van der Waals surface area contributed by atoms with Gasteiger partial charge in [-0.05, 0) is 43.5 Å². The van der Waals surface area contributed by atoms with E-state index >= 15 is 0 Å². The van der Waals surface area contributed by atoms with Gasteiger partial charge in [0.25, 0.3) is 11.8 Å². The van der Waals surface area contributed by atoms with Crippen molar-refractivity contribution >= 4 is 17.5 Å². The average Bonchev–Trinajstić information content (AvgIpc) is 3.31. The number of nitrogens with one attached hydrogen (secondary N) is 1. The summed E-state index contributed by atoms with van der Waals surface area (Å²) in [5.41, 5.74) is 5.99. The lowest BCUT2D eigenvalue weighted by molar-refractivity contribution is 0.0926. The van der Waals surface area contributed by atoms with E-state index in [1.54, 1.807) is 24.3 Å². The minimum Gasteiger partial charge on any atom is -0.282 e. The van der Waals surface area contributed by atoms with Crippen molar-refractivity contribution in [2.75, 3.05) is 4.90 Å². The zero-order valence-corrected chi connectivity index (χ0v) is 13.5. The van der Waals surface area contributed by atoms with E-state index in [4.69, 9.17) is 0 Å². The minimum absolute atomic E-state index is 0.269. The lowest BCUT2D eigenvalue weighted by atomic mass is 10.1. The number of aryl methyl sites for hydroxylation is 1. The zero-order chi connectivity index (χ0) is 17.0. The van der Waals surface area contributed by atoms with Gasteiger partial charge in [-0.15, -0.1) is 0 Å². The summed E-state index contributed by atoms with van der Waals surface area (Å²) in [4.78, 5) is 26.4. The first-order valence-electron chi connectivity index (χ1n) is 8.38. The molecule has 3 aromatic rings. The van der Waals surface area contributed by atoms with E-state index in [2.05, 4.69) is 10.2 Å². The summed E-state index contributed by atoms with van der Waals surface area (Å²) in [7, 11) is 0. The zero-order valence-electron chi connectivity index (χ0n) is 13.5. The normalized spacial score (nSPS) is 15.6. The second-order valence-corrected chi connectivity index (χ2v) is 6.42. The maximum absolute atomic E-state index is 12.6. The number of carbonyl (C=O) groups excluding carboxylic acids is 2. The largest absolute Gasteiger partial charge is 0.282 e. The highest BCUT2D eigenvalue weighted by Gasteiger charge is 2.36. The molecule has 0 saturated carbocycles. The van der Waals surface area contributed by atoms with Gasteiger partial charge < -0.3 is 0 Å². The number of aromatic nitrogens is 2. The van der Waals surface area contributed by atoms with Crippen LogP contribution < -0.4 is 4.90 Å². The third-order valence-corrected chi connectivity index (χ3v) is 5.00. The van der Waals surface area contributed by atoms with Crippen LogP contribution in [0.4, 0.5) is 5.69 Å². The molecule has 0 saturated heterocycles. The predicted molar refractivity (Wildman–Crippen MR) is 93.6 cm³/mol. The fourth-order valence-corrected chi connectivity index (χ4v) is 3.75. The van der Waals surface area contributed by atoms with Gasteiger partial charge in [0.2, 0.25) is 0 Å². The molecule has 1 aliphatic carbocycles. The number of hydrogen-bond donors (Lipinski definition) is 1. The quantitative estimate of drug-likeness (QED) is 0.733. The van der Waals surface area contributed by atoms with Gasteiger partial charge in [0.1, 0.15) is 0 Å². The number of imide groups is 1. The molecule has 122 valence electrons. The number of anilines is 1. The number of aromatic amines is 1. The van der Waals surface area contributed by atoms with Gasteiger partial charge in [-0.1, -0.05) is 24.3 Å². The monoisotopic (exact) mass is 329 g/mol. The summed E-state index contributed by atoms with van der Waals surface area (Å²) in [6.45, 7) is 0. The molecule has 2 aromatic carbocycles. The molecule has 5 heteroatoms. The Labute approximate surface area is 144 Å². The third-order valence-electron chi connectivity index (χ3n) is 5.00. The fourth-order valence-electron chi connectivity index (χ4n) is 3.75. The topological polar surface area (TPSA) is 66.1 Å². The van der Waals surface area contributed by atoms with E-state index in [1.807, 2.05) is 24.3 Å². The number of H-pyrrole nitrogens is 1. The average molecular weight is 329 g/mol. The van der Waals surface area contributed by atoms with Crippen LogP contribution in [0.1, 0.15) is 38.4 Å². The Balaban J connectivity index is 1.50. The van der Waals surface area contributed by atoms with Crippen molar-refractivity contribution in [3.8, 4) is 11.3 Å². The third kappa shape index (κ3) is 1.99. The molecule has 2 aliphatic rings. The summed E-state index contributed by atoms with van der Waals surface area (Å²) in [5.74, 6) is -0.539.